The summed E-state index contributed by atoms with van der Waals surface area (Å²) in [6, 6.07) is 29.9. The van der Waals surface area contributed by atoms with Gasteiger partial charge in [-0.2, -0.15) is 0 Å². The maximum atomic E-state index is 11.3. The Bertz CT molecular complexity index is 1140. The molecule has 0 unspecified atom stereocenters. The third kappa shape index (κ3) is 8.33. The molecular formula is C33H44O6Si. The summed E-state index contributed by atoms with van der Waals surface area (Å²) >= 11 is 0. The summed E-state index contributed by atoms with van der Waals surface area (Å²) in [5.41, 5.74) is 3.07. The van der Waals surface area contributed by atoms with Crippen LogP contribution in [-0.4, -0.2) is 50.7 Å². The van der Waals surface area contributed by atoms with Crippen molar-refractivity contribution in [3.63, 3.8) is 0 Å². The Kier molecular flexibility index (Phi) is 10.7. The second-order valence-corrected chi connectivity index (χ2v) is 16.7. The summed E-state index contributed by atoms with van der Waals surface area (Å²) in [6.45, 7) is 12.4. The summed E-state index contributed by atoms with van der Waals surface area (Å²) in [6.07, 6.45) is -3.62. The quantitative estimate of drug-likeness (QED) is 0.254. The minimum absolute atomic E-state index is 0.0330. The zero-order chi connectivity index (χ0) is 28.6. The molecule has 7 heteroatoms. The Hall–Kier alpha value is -2.36. The first-order valence-corrected chi connectivity index (χ1v) is 17.0. The molecule has 1 fully saturated rings. The number of aliphatic hydroxyl groups excluding tert-OH is 1. The van der Waals surface area contributed by atoms with Gasteiger partial charge in [-0.1, -0.05) is 112 Å². The normalized spacial score (nSPS) is 23.7. The predicted octanol–water partition coefficient (Wildman–Crippen LogP) is 6.48. The van der Waals surface area contributed by atoms with Crippen LogP contribution in [0.25, 0.3) is 0 Å². The molecule has 0 aromatic heterocycles. The highest BCUT2D eigenvalue weighted by atomic mass is 28.4. The minimum Gasteiger partial charge on any atom is -0.414 e. The average molecular weight is 565 g/mol. The second-order valence-electron chi connectivity index (χ2n) is 11.9. The topological polar surface area (TPSA) is 66.4 Å². The van der Waals surface area contributed by atoms with Gasteiger partial charge in [0.05, 0.1) is 26.4 Å². The van der Waals surface area contributed by atoms with Crippen LogP contribution in [0.3, 0.4) is 0 Å². The number of benzene rings is 3. The zero-order valence-electron chi connectivity index (χ0n) is 24.4. The van der Waals surface area contributed by atoms with E-state index in [0.29, 0.717) is 26.4 Å². The van der Waals surface area contributed by atoms with E-state index in [4.69, 9.17) is 23.4 Å². The maximum absolute atomic E-state index is 11.3. The van der Waals surface area contributed by atoms with E-state index in [1.165, 1.54) is 0 Å². The van der Waals surface area contributed by atoms with Crippen LogP contribution >= 0.6 is 0 Å². The van der Waals surface area contributed by atoms with Gasteiger partial charge in [0.2, 0.25) is 0 Å². The Balaban J connectivity index is 1.60. The van der Waals surface area contributed by atoms with Gasteiger partial charge in [-0.05, 0) is 34.8 Å². The van der Waals surface area contributed by atoms with Crippen molar-refractivity contribution in [3.05, 3.63) is 108 Å². The van der Waals surface area contributed by atoms with Gasteiger partial charge in [0, 0.05) is 0 Å². The van der Waals surface area contributed by atoms with Crippen molar-refractivity contribution in [2.24, 2.45) is 0 Å². The number of ether oxygens (including phenoxy) is 4. The molecule has 0 bridgehead atoms. The molecule has 1 saturated heterocycles. The fraction of sp³-hybridized carbons (Fsp3) is 0.455. The first-order chi connectivity index (χ1) is 19.1. The van der Waals surface area contributed by atoms with Gasteiger partial charge >= 0.3 is 0 Å². The molecule has 0 saturated carbocycles. The Morgan fingerprint density at radius 1 is 0.650 bits per heavy atom. The number of rotatable bonds is 12. The lowest BCUT2D eigenvalue weighted by atomic mass is 9.98. The first kappa shape index (κ1) is 30.6. The summed E-state index contributed by atoms with van der Waals surface area (Å²) in [4.78, 5) is 0. The van der Waals surface area contributed by atoms with E-state index < -0.39 is 39.0 Å². The van der Waals surface area contributed by atoms with Crippen molar-refractivity contribution in [3.8, 4) is 0 Å². The van der Waals surface area contributed by atoms with E-state index in [1.807, 2.05) is 91.0 Å². The van der Waals surface area contributed by atoms with E-state index in [-0.39, 0.29) is 5.04 Å². The molecule has 1 heterocycles. The lowest BCUT2D eigenvalue weighted by Crippen LogP contribution is -2.61. The van der Waals surface area contributed by atoms with Gasteiger partial charge in [0.15, 0.2) is 14.6 Å². The molecule has 1 aliphatic heterocycles. The van der Waals surface area contributed by atoms with Gasteiger partial charge < -0.3 is 28.5 Å². The second kappa shape index (κ2) is 14.0. The van der Waals surface area contributed by atoms with Crippen LogP contribution in [0.5, 0.6) is 0 Å². The van der Waals surface area contributed by atoms with Crippen molar-refractivity contribution in [2.45, 2.75) is 89.4 Å². The van der Waals surface area contributed by atoms with E-state index in [9.17, 15) is 5.11 Å². The van der Waals surface area contributed by atoms with Crippen molar-refractivity contribution in [1.29, 1.82) is 0 Å². The largest absolute Gasteiger partial charge is 0.414 e. The summed E-state index contributed by atoms with van der Waals surface area (Å²) < 4.78 is 32.2. The number of aliphatic hydroxyl groups is 1. The Morgan fingerprint density at radius 2 is 1.05 bits per heavy atom. The fourth-order valence-electron chi connectivity index (χ4n) is 4.40. The van der Waals surface area contributed by atoms with Gasteiger partial charge in [-0.3, -0.25) is 0 Å². The molecule has 216 valence electrons. The molecule has 0 amide bonds. The van der Waals surface area contributed by atoms with Gasteiger partial charge in [0.25, 0.3) is 0 Å². The first-order valence-electron chi connectivity index (χ1n) is 14.1. The van der Waals surface area contributed by atoms with E-state index in [1.54, 1.807) is 0 Å². The molecule has 0 aliphatic carbocycles. The van der Waals surface area contributed by atoms with Crippen LogP contribution in [0.15, 0.2) is 91.0 Å². The molecular weight excluding hydrogens is 520 g/mol. The SMILES string of the molecule is CC(C)(C)[Si](C)(C)OC[C@H]1O[C@H](O)[C@H](OCc2ccccc2)[C@@H](OCc2ccccc2)[C@H]1OCc1ccccc1. The summed E-state index contributed by atoms with van der Waals surface area (Å²) in [5, 5.41) is 11.3. The highest BCUT2D eigenvalue weighted by molar-refractivity contribution is 6.74. The van der Waals surface area contributed by atoms with Gasteiger partial charge in [-0.25, -0.2) is 0 Å². The van der Waals surface area contributed by atoms with Crippen LogP contribution in [0.4, 0.5) is 0 Å². The molecule has 5 atom stereocenters. The molecule has 1 N–H and O–H groups in total. The number of hydrogen-bond acceptors (Lipinski definition) is 6. The van der Waals surface area contributed by atoms with E-state index in [0.717, 1.165) is 16.7 Å². The van der Waals surface area contributed by atoms with Crippen molar-refractivity contribution < 1.29 is 28.5 Å². The van der Waals surface area contributed by atoms with Crippen LogP contribution in [-0.2, 0) is 43.2 Å². The highest BCUT2D eigenvalue weighted by Gasteiger charge is 2.49. The standard InChI is InChI=1S/C33H44O6Si/c1-33(2,3)40(4,5)38-24-28-29(35-21-25-15-9-6-10-16-25)30(36-22-26-17-11-7-12-18-26)31(32(34)39-28)37-23-27-19-13-8-14-20-27/h6-20,28-32,34H,21-24H2,1-5H3/t28-,29+,30+,31-,32+/m1/s1. The predicted molar refractivity (Wildman–Crippen MR) is 159 cm³/mol. The van der Waals surface area contributed by atoms with Gasteiger partial charge in [0.1, 0.15) is 24.4 Å². The Labute approximate surface area is 240 Å². The average Bonchev–Trinajstić information content (AvgIpc) is 2.95. The minimum atomic E-state index is -2.09. The monoisotopic (exact) mass is 564 g/mol. The third-order valence-corrected chi connectivity index (χ3v) is 12.4. The highest BCUT2D eigenvalue weighted by Crippen LogP contribution is 2.38. The molecule has 3 aromatic carbocycles. The van der Waals surface area contributed by atoms with Crippen molar-refractivity contribution in [2.75, 3.05) is 6.61 Å². The van der Waals surface area contributed by atoms with Crippen LogP contribution in [0, 0.1) is 0 Å². The maximum Gasteiger partial charge on any atom is 0.192 e. The molecule has 1 aliphatic rings. The van der Waals surface area contributed by atoms with E-state index >= 15 is 0 Å². The van der Waals surface area contributed by atoms with Gasteiger partial charge in [-0.15, -0.1) is 0 Å². The fourth-order valence-corrected chi connectivity index (χ4v) is 5.42. The van der Waals surface area contributed by atoms with Crippen LogP contribution in [0.1, 0.15) is 37.5 Å². The zero-order valence-corrected chi connectivity index (χ0v) is 25.4. The lowest BCUT2D eigenvalue weighted by Gasteiger charge is -2.46. The third-order valence-electron chi connectivity index (χ3n) is 7.88. The molecule has 40 heavy (non-hydrogen) atoms. The summed E-state index contributed by atoms with van der Waals surface area (Å²) in [7, 11) is -2.09. The molecule has 0 radical (unpaired) electrons. The van der Waals surface area contributed by atoms with Crippen molar-refractivity contribution in [1.82, 2.24) is 0 Å². The van der Waals surface area contributed by atoms with E-state index in [2.05, 4.69) is 33.9 Å². The summed E-state index contributed by atoms with van der Waals surface area (Å²) in [5.74, 6) is 0. The molecule has 0 spiro atoms. The van der Waals surface area contributed by atoms with Crippen LogP contribution < -0.4 is 0 Å². The number of hydrogen-bond donors (Lipinski definition) is 1. The Morgan fingerprint density at radius 3 is 1.48 bits per heavy atom. The van der Waals surface area contributed by atoms with Crippen LogP contribution in [0.2, 0.25) is 18.1 Å². The molecule has 4 rings (SSSR count). The molecule has 3 aromatic rings. The lowest BCUT2D eigenvalue weighted by molar-refractivity contribution is -0.314. The van der Waals surface area contributed by atoms with Crippen molar-refractivity contribution >= 4 is 8.32 Å². The smallest absolute Gasteiger partial charge is 0.192 e. The molecule has 6 nitrogen and oxygen atoms in total.